The zero-order valence-electron chi connectivity index (χ0n) is 11.1. The summed E-state index contributed by atoms with van der Waals surface area (Å²) in [4.78, 5) is 22.9. The third-order valence-corrected chi connectivity index (χ3v) is 3.84. The lowest BCUT2D eigenvalue weighted by Crippen LogP contribution is -2.27. The smallest absolute Gasteiger partial charge is 0.307 e. The summed E-state index contributed by atoms with van der Waals surface area (Å²) in [5.41, 5.74) is -0.583. The Balaban J connectivity index is 2.00. The Morgan fingerprint density at radius 2 is 1.95 bits per heavy atom. The highest BCUT2D eigenvalue weighted by Gasteiger charge is 2.65. The molecule has 20 heavy (non-hydrogen) atoms. The predicted octanol–water partition coefficient (Wildman–Crippen LogP) is 1.94. The van der Waals surface area contributed by atoms with Gasteiger partial charge in [0, 0.05) is 12.1 Å². The Morgan fingerprint density at radius 3 is 2.50 bits per heavy atom. The van der Waals surface area contributed by atoms with Gasteiger partial charge in [-0.15, -0.1) is 0 Å². The van der Waals surface area contributed by atoms with Crippen molar-refractivity contribution in [3.63, 3.8) is 0 Å². The summed E-state index contributed by atoms with van der Waals surface area (Å²) in [6, 6.07) is 2.98. The van der Waals surface area contributed by atoms with Crippen LogP contribution in [0, 0.1) is 28.9 Å². The van der Waals surface area contributed by atoms with Gasteiger partial charge in [0.25, 0.3) is 0 Å². The van der Waals surface area contributed by atoms with Crippen LogP contribution >= 0.6 is 0 Å². The monoisotopic (exact) mass is 283 g/mol. The minimum Gasteiger partial charge on any atom is -0.481 e. The van der Waals surface area contributed by atoms with Gasteiger partial charge in [-0.05, 0) is 23.6 Å². The van der Waals surface area contributed by atoms with Crippen LogP contribution in [-0.4, -0.2) is 17.0 Å². The van der Waals surface area contributed by atoms with Crippen molar-refractivity contribution in [3.05, 3.63) is 35.4 Å². The summed E-state index contributed by atoms with van der Waals surface area (Å²) in [7, 11) is 0. The Kier molecular flexibility index (Phi) is 3.50. The lowest BCUT2D eigenvalue weighted by atomic mass is 10.1. The van der Waals surface area contributed by atoms with Gasteiger partial charge in [0.2, 0.25) is 5.91 Å². The molecule has 1 saturated carbocycles. The molecule has 0 aliphatic heterocycles. The summed E-state index contributed by atoms with van der Waals surface area (Å²) in [5.74, 6) is -4.06. The predicted molar refractivity (Wildman–Crippen MR) is 66.6 cm³/mol. The Labute approximate surface area is 114 Å². The van der Waals surface area contributed by atoms with Crippen LogP contribution in [0.25, 0.3) is 0 Å². The van der Waals surface area contributed by atoms with Crippen molar-refractivity contribution in [3.8, 4) is 0 Å². The number of aliphatic carboxylic acids is 1. The van der Waals surface area contributed by atoms with Gasteiger partial charge < -0.3 is 10.4 Å². The number of rotatable bonds is 4. The fraction of sp³-hybridized carbons (Fsp3) is 0.429. The summed E-state index contributed by atoms with van der Waals surface area (Å²) in [6.07, 6.45) is 0. The van der Waals surface area contributed by atoms with E-state index >= 15 is 0 Å². The maximum atomic E-state index is 13.4. The van der Waals surface area contributed by atoms with Crippen LogP contribution in [0.4, 0.5) is 8.78 Å². The van der Waals surface area contributed by atoms with Gasteiger partial charge in [-0.3, -0.25) is 9.59 Å². The molecule has 1 aromatic rings. The third kappa shape index (κ3) is 2.50. The number of carbonyl (C=O) groups is 2. The summed E-state index contributed by atoms with van der Waals surface area (Å²) < 4.78 is 26.4. The average Bonchev–Trinajstić information content (AvgIpc) is 2.93. The molecule has 1 aliphatic rings. The van der Waals surface area contributed by atoms with Crippen LogP contribution in [0.1, 0.15) is 19.4 Å². The number of nitrogens with one attached hydrogen (secondary N) is 1. The molecule has 0 bridgehead atoms. The molecule has 0 aromatic heterocycles. The molecule has 2 atom stereocenters. The molecule has 2 N–H and O–H groups in total. The highest BCUT2D eigenvalue weighted by molar-refractivity contribution is 5.91. The van der Waals surface area contributed by atoms with Crippen LogP contribution in [0.5, 0.6) is 0 Å². The Hall–Kier alpha value is -1.98. The molecule has 0 heterocycles. The van der Waals surface area contributed by atoms with Crippen molar-refractivity contribution in [2.75, 3.05) is 0 Å². The van der Waals surface area contributed by atoms with E-state index in [1.165, 1.54) is 0 Å². The molecular formula is C14H15F2NO3. The van der Waals surface area contributed by atoms with E-state index in [9.17, 15) is 18.4 Å². The van der Waals surface area contributed by atoms with E-state index < -0.39 is 40.8 Å². The molecule has 4 nitrogen and oxygen atoms in total. The first-order valence-electron chi connectivity index (χ1n) is 6.19. The van der Waals surface area contributed by atoms with Gasteiger partial charge in [0.1, 0.15) is 11.6 Å². The first-order valence-corrected chi connectivity index (χ1v) is 6.19. The Morgan fingerprint density at radius 1 is 1.30 bits per heavy atom. The first kappa shape index (κ1) is 14.4. The molecule has 2 unspecified atom stereocenters. The highest BCUT2D eigenvalue weighted by Crippen LogP contribution is 2.58. The van der Waals surface area contributed by atoms with Gasteiger partial charge in [0.15, 0.2) is 0 Å². The maximum absolute atomic E-state index is 13.4. The molecule has 1 aromatic carbocycles. The van der Waals surface area contributed by atoms with Crippen LogP contribution in [0.3, 0.4) is 0 Å². The Bertz CT molecular complexity index is 572. The van der Waals surface area contributed by atoms with E-state index in [0.717, 1.165) is 18.2 Å². The van der Waals surface area contributed by atoms with Crippen LogP contribution < -0.4 is 5.32 Å². The minimum atomic E-state index is -1.02. The van der Waals surface area contributed by atoms with E-state index in [1.807, 2.05) is 0 Å². The topological polar surface area (TPSA) is 66.4 Å². The number of benzene rings is 1. The fourth-order valence-corrected chi connectivity index (χ4v) is 2.56. The number of carboxylic acid groups (broad SMARTS) is 1. The second kappa shape index (κ2) is 4.85. The number of amides is 1. The number of halogens is 2. The number of hydrogen-bond donors (Lipinski definition) is 2. The second-order valence-electron chi connectivity index (χ2n) is 5.57. The van der Waals surface area contributed by atoms with Gasteiger partial charge in [0.05, 0.1) is 11.8 Å². The summed E-state index contributed by atoms with van der Waals surface area (Å²) in [6.45, 7) is 3.22. The molecule has 0 radical (unpaired) electrons. The third-order valence-electron chi connectivity index (χ3n) is 3.84. The zero-order valence-corrected chi connectivity index (χ0v) is 11.1. The molecule has 1 aliphatic carbocycles. The van der Waals surface area contributed by atoms with Crippen molar-refractivity contribution in [1.82, 2.24) is 5.32 Å². The van der Waals surface area contributed by atoms with Gasteiger partial charge in [-0.1, -0.05) is 13.8 Å². The van der Waals surface area contributed by atoms with Crippen molar-refractivity contribution in [2.45, 2.75) is 20.4 Å². The minimum absolute atomic E-state index is 0.0312. The quantitative estimate of drug-likeness (QED) is 0.887. The SMILES string of the molecule is CC1(C)C(C(=O)O)C1C(=O)NCc1cc(F)ccc1F. The fourth-order valence-electron chi connectivity index (χ4n) is 2.56. The van der Waals surface area contributed by atoms with Crippen molar-refractivity contribution >= 4 is 11.9 Å². The number of carbonyl (C=O) groups excluding carboxylic acids is 1. The molecule has 0 spiro atoms. The highest BCUT2D eigenvalue weighted by atomic mass is 19.1. The maximum Gasteiger partial charge on any atom is 0.307 e. The van der Waals surface area contributed by atoms with E-state index in [-0.39, 0.29) is 12.1 Å². The van der Waals surface area contributed by atoms with E-state index in [2.05, 4.69) is 5.32 Å². The molecule has 108 valence electrons. The first-order chi connectivity index (χ1) is 9.25. The normalized spacial score (nSPS) is 23.2. The van der Waals surface area contributed by atoms with Crippen LogP contribution in [0.2, 0.25) is 0 Å². The second-order valence-corrected chi connectivity index (χ2v) is 5.57. The van der Waals surface area contributed by atoms with E-state index in [1.54, 1.807) is 13.8 Å². The number of hydrogen-bond acceptors (Lipinski definition) is 2. The van der Waals surface area contributed by atoms with Crippen LogP contribution in [-0.2, 0) is 16.1 Å². The van der Waals surface area contributed by atoms with E-state index in [4.69, 9.17) is 5.11 Å². The summed E-state index contributed by atoms with van der Waals surface area (Å²) in [5, 5.41) is 11.4. The summed E-state index contributed by atoms with van der Waals surface area (Å²) >= 11 is 0. The van der Waals surface area contributed by atoms with Crippen molar-refractivity contribution < 1.29 is 23.5 Å². The molecule has 0 saturated heterocycles. The lowest BCUT2D eigenvalue weighted by Gasteiger charge is -2.07. The lowest BCUT2D eigenvalue weighted by molar-refractivity contribution is -0.140. The van der Waals surface area contributed by atoms with Gasteiger partial charge in [-0.2, -0.15) is 0 Å². The average molecular weight is 283 g/mol. The molecule has 1 amide bonds. The van der Waals surface area contributed by atoms with Crippen molar-refractivity contribution in [1.29, 1.82) is 0 Å². The van der Waals surface area contributed by atoms with Crippen molar-refractivity contribution in [2.24, 2.45) is 17.3 Å². The van der Waals surface area contributed by atoms with Gasteiger partial charge in [-0.25, -0.2) is 8.78 Å². The largest absolute Gasteiger partial charge is 0.481 e. The van der Waals surface area contributed by atoms with Crippen LogP contribution in [0.15, 0.2) is 18.2 Å². The molecular weight excluding hydrogens is 268 g/mol. The molecule has 1 fully saturated rings. The molecule has 6 heteroatoms. The molecule has 2 rings (SSSR count). The van der Waals surface area contributed by atoms with Gasteiger partial charge >= 0.3 is 5.97 Å². The van der Waals surface area contributed by atoms with E-state index in [0.29, 0.717) is 0 Å². The number of carboxylic acids is 1. The standard InChI is InChI=1S/C14H15F2NO3/c1-14(2)10(11(14)13(19)20)12(18)17-6-7-5-8(15)3-4-9(7)16/h3-5,10-11H,6H2,1-2H3,(H,17,18)(H,19,20). The zero-order chi connectivity index (χ0) is 15.1.